The highest BCUT2D eigenvalue weighted by molar-refractivity contribution is 5.92. The minimum absolute atomic E-state index is 0.879. The zero-order valence-electron chi connectivity index (χ0n) is 12.2. The van der Waals surface area contributed by atoms with Crippen LogP contribution in [0.4, 0.5) is 5.82 Å². The number of rotatable bonds is 5. The van der Waals surface area contributed by atoms with E-state index in [1.54, 1.807) is 0 Å². The minimum atomic E-state index is 0.879. The molecule has 21 heavy (non-hydrogen) atoms. The first-order valence-corrected chi connectivity index (χ1v) is 7.34. The normalized spacial score (nSPS) is 10.7. The van der Waals surface area contributed by atoms with Gasteiger partial charge in [-0.25, -0.2) is 0 Å². The maximum atomic E-state index is 4.29. The van der Waals surface area contributed by atoms with Crippen molar-refractivity contribution in [1.29, 1.82) is 0 Å². The summed E-state index contributed by atoms with van der Waals surface area (Å²) in [5.74, 6) is 0.879. The van der Waals surface area contributed by atoms with Crippen LogP contribution in [0, 0.1) is 6.92 Å². The van der Waals surface area contributed by atoms with E-state index in [-0.39, 0.29) is 0 Å². The summed E-state index contributed by atoms with van der Waals surface area (Å²) in [6, 6.07) is 18.8. The SMILES string of the molecule is Cc1nnc(NCCCc2ccccc2)c2ccccc12. The Kier molecular flexibility index (Phi) is 4.10. The van der Waals surface area contributed by atoms with Gasteiger partial charge in [-0.3, -0.25) is 0 Å². The second kappa shape index (κ2) is 6.35. The molecule has 3 nitrogen and oxygen atoms in total. The first kappa shape index (κ1) is 13.6. The van der Waals surface area contributed by atoms with E-state index in [0.717, 1.165) is 41.7 Å². The van der Waals surface area contributed by atoms with Crippen LogP contribution in [0.15, 0.2) is 54.6 Å². The molecular weight excluding hydrogens is 258 g/mol. The third kappa shape index (κ3) is 3.19. The third-order valence-electron chi connectivity index (χ3n) is 3.65. The Bertz CT molecular complexity index is 723. The number of anilines is 1. The summed E-state index contributed by atoms with van der Waals surface area (Å²) in [6.07, 6.45) is 2.15. The van der Waals surface area contributed by atoms with Gasteiger partial charge in [-0.2, -0.15) is 5.10 Å². The van der Waals surface area contributed by atoms with Crippen molar-refractivity contribution in [3.63, 3.8) is 0 Å². The monoisotopic (exact) mass is 277 g/mol. The predicted molar refractivity (Wildman–Crippen MR) is 87.5 cm³/mol. The maximum Gasteiger partial charge on any atom is 0.156 e. The van der Waals surface area contributed by atoms with Crippen LogP contribution in [0.3, 0.4) is 0 Å². The predicted octanol–water partition coefficient (Wildman–Crippen LogP) is 3.98. The van der Waals surface area contributed by atoms with Gasteiger partial charge in [0.1, 0.15) is 0 Å². The lowest BCUT2D eigenvalue weighted by molar-refractivity contribution is 0.854. The largest absolute Gasteiger partial charge is 0.368 e. The molecule has 0 aliphatic carbocycles. The van der Waals surface area contributed by atoms with E-state index in [4.69, 9.17) is 0 Å². The highest BCUT2D eigenvalue weighted by Gasteiger charge is 2.05. The van der Waals surface area contributed by atoms with Gasteiger partial charge in [-0.1, -0.05) is 54.6 Å². The quantitative estimate of drug-likeness (QED) is 0.717. The Labute approximate surface area is 125 Å². The molecule has 2 aromatic carbocycles. The van der Waals surface area contributed by atoms with Crippen molar-refractivity contribution >= 4 is 16.6 Å². The molecule has 1 N–H and O–H groups in total. The van der Waals surface area contributed by atoms with Crippen LogP contribution in [0.2, 0.25) is 0 Å². The van der Waals surface area contributed by atoms with Gasteiger partial charge in [0.25, 0.3) is 0 Å². The Morgan fingerprint density at radius 2 is 1.57 bits per heavy atom. The van der Waals surface area contributed by atoms with E-state index in [0.29, 0.717) is 0 Å². The van der Waals surface area contributed by atoms with Crippen LogP contribution < -0.4 is 5.32 Å². The van der Waals surface area contributed by atoms with Gasteiger partial charge in [0.2, 0.25) is 0 Å². The second-order valence-corrected chi connectivity index (χ2v) is 5.20. The summed E-state index contributed by atoms with van der Waals surface area (Å²) in [5, 5.41) is 14.2. The van der Waals surface area contributed by atoms with Crippen LogP contribution in [-0.4, -0.2) is 16.7 Å². The van der Waals surface area contributed by atoms with E-state index in [2.05, 4.69) is 58.0 Å². The minimum Gasteiger partial charge on any atom is -0.368 e. The first-order chi connectivity index (χ1) is 10.3. The Morgan fingerprint density at radius 1 is 0.857 bits per heavy atom. The van der Waals surface area contributed by atoms with Gasteiger partial charge in [0.05, 0.1) is 5.69 Å². The smallest absolute Gasteiger partial charge is 0.156 e. The molecule has 0 spiro atoms. The van der Waals surface area contributed by atoms with E-state index in [9.17, 15) is 0 Å². The molecule has 0 saturated heterocycles. The second-order valence-electron chi connectivity index (χ2n) is 5.20. The number of nitrogens with zero attached hydrogens (tertiary/aromatic N) is 2. The molecule has 0 amide bonds. The number of aromatic nitrogens is 2. The van der Waals surface area contributed by atoms with Crippen molar-refractivity contribution in [2.24, 2.45) is 0 Å². The zero-order valence-corrected chi connectivity index (χ0v) is 12.2. The molecule has 0 atom stereocenters. The molecule has 3 rings (SSSR count). The van der Waals surface area contributed by atoms with Crippen LogP contribution in [0.1, 0.15) is 17.7 Å². The molecule has 0 fully saturated rings. The van der Waals surface area contributed by atoms with Crippen molar-refractivity contribution < 1.29 is 0 Å². The van der Waals surface area contributed by atoms with E-state index >= 15 is 0 Å². The van der Waals surface area contributed by atoms with Gasteiger partial charge >= 0.3 is 0 Å². The fraction of sp³-hybridized carbons (Fsp3) is 0.222. The van der Waals surface area contributed by atoms with E-state index in [1.165, 1.54) is 5.56 Å². The Hall–Kier alpha value is -2.42. The van der Waals surface area contributed by atoms with Crippen molar-refractivity contribution in [2.45, 2.75) is 19.8 Å². The molecule has 0 radical (unpaired) electrons. The van der Waals surface area contributed by atoms with Gasteiger partial charge in [0.15, 0.2) is 5.82 Å². The molecule has 0 aliphatic rings. The lowest BCUT2D eigenvalue weighted by Crippen LogP contribution is -2.06. The number of hydrogen-bond acceptors (Lipinski definition) is 3. The molecule has 106 valence electrons. The summed E-state index contributed by atoms with van der Waals surface area (Å²) >= 11 is 0. The van der Waals surface area contributed by atoms with Crippen molar-refractivity contribution in [3.8, 4) is 0 Å². The summed E-state index contributed by atoms with van der Waals surface area (Å²) < 4.78 is 0. The summed E-state index contributed by atoms with van der Waals surface area (Å²) in [7, 11) is 0. The highest BCUT2D eigenvalue weighted by atomic mass is 15.2. The fourth-order valence-electron chi connectivity index (χ4n) is 2.51. The highest BCUT2D eigenvalue weighted by Crippen LogP contribution is 2.22. The molecule has 3 heteroatoms. The Balaban J connectivity index is 1.65. The van der Waals surface area contributed by atoms with Crippen molar-refractivity contribution in [1.82, 2.24) is 10.2 Å². The van der Waals surface area contributed by atoms with E-state index < -0.39 is 0 Å². The first-order valence-electron chi connectivity index (χ1n) is 7.34. The van der Waals surface area contributed by atoms with Crippen LogP contribution in [-0.2, 0) is 6.42 Å². The van der Waals surface area contributed by atoms with Gasteiger partial charge < -0.3 is 5.32 Å². The zero-order chi connectivity index (χ0) is 14.5. The molecule has 1 heterocycles. The molecular formula is C18H19N3. The van der Waals surface area contributed by atoms with Gasteiger partial charge in [-0.15, -0.1) is 5.10 Å². The fourth-order valence-corrected chi connectivity index (χ4v) is 2.51. The summed E-state index contributed by atoms with van der Waals surface area (Å²) in [6.45, 7) is 2.89. The summed E-state index contributed by atoms with van der Waals surface area (Å²) in [4.78, 5) is 0. The maximum absolute atomic E-state index is 4.29. The lowest BCUT2D eigenvalue weighted by Gasteiger charge is -2.09. The third-order valence-corrected chi connectivity index (χ3v) is 3.65. The van der Waals surface area contributed by atoms with Crippen LogP contribution in [0.25, 0.3) is 10.8 Å². The number of benzene rings is 2. The lowest BCUT2D eigenvalue weighted by atomic mass is 10.1. The number of nitrogens with one attached hydrogen (secondary N) is 1. The molecule has 0 saturated carbocycles. The standard InChI is InChI=1S/C18H19N3/c1-14-16-11-5-6-12-17(16)18(21-20-14)19-13-7-10-15-8-3-2-4-9-15/h2-6,8-9,11-12H,7,10,13H2,1H3,(H,19,21). The van der Waals surface area contributed by atoms with Gasteiger partial charge in [0, 0.05) is 17.3 Å². The topological polar surface area (TPSA) is 37.8 Å². The average Bonchev–Trinajstić information content (AvgIpc) is 2.55. The molecule has 3 aromatic rings. The average molecular weight is 277 g/mol. The molecule has 1 aromatic heterocycles. The Morgan fingerprint density at radius 3 is 2.38 bits per heavy atom. The summed E-state index contributed by atoms with van der Waals surface area (Å²) in [5.41, 5.74) is 2.35. The molecule has 0 unspecified atom stereocenters. The number of hydrogen-bond donors (Lipinski definition) is 1. The molecule has 0 aliphatic heterocycles. The van der Waals surface area contributed by atoms with E-state index in [1.807, 2.05) is 19.1 Å². The van der Waals surface area contributed by atoms with Crippen molar-refractivity contribution in [3.05, 3.63) is 65.9 Å². The number of aryl methyl sites for hydroxylation is 2. The van der Waals surface area contributed by atoms with Crippen molar-refractivity contribution in [2.75, 3.05) is 11.9 Å². The van der Waals surface area contributed by atoms with Crippen LogP contribution in [0.5, 0.6) is 0 Å². The molecule has 0 bridgehead atoms. The number of fused-ring (bicyclic) bond motifs is 1. The van der Waals surface area contributed by atoms with Crippen LogP contribution >= 0.6 is 0 Å². The van der Waals surface area contributed by atoms with Gasteiger partial charge in [-0.05, 0) is 25.3 Å².